The summed E-state index contributed by atoms with van der Waals surface area (Å²) in [5, 5.41) is 0. The van der Waals surface area contributed by atoms with Crippen LogP contribution in [0.3, 0.4) is 0 Å². The van der Waals surface area contributed by atoms with E-state index < -0.39 is 11.7 Å². The fourth-order valence-corrected chi connectivity index (χ4v) is 2.43. The van der Waals surface area contributed by atoms with Gasteiger partial charge in [0, 0.05) is 17.5 Å². The van der Waals surface area contributed by atoms with Crippen molar-refractivity contribution < 1.29 is 19.2 Å². The van der Waals surface area contributed by atoms with E-state index in [1.54, 1.807) is 60.7 Å². The Morgan fingerprint density at radius 2 is 1.29 bits per heavy atom. The Morgan fingerprint density at radius 3 is 1.79 bits per heavy atom. The summed E-state index contributed by atoms with van der Waals surface area (Å²) in [6.07, 6.45) is -0.558. The number of carbonyl (C=O) groups is 4. The lowest BCUT2D eigenvalue weighted by molar-refractivity contribution is -0.125. The van der Waals surface area contributed by atoms with Gasteiger partial charge in [-0.25, -0.2) is 0 Å². The summed E-state index contributed by atoms with van der Waals surface area (Å²) in [6, 6.07) is 16.9. The van der Waals surface area contributed by atoms with E-state index in [4.69, 9.17) is 0 Å². The molecule has 2 aromatic carbocycles. The molecule has 2 rings (SSSR count). The third-order valence-electron chi connectivity index (χ3n) is 3.75. The first-order valence-corrected chi connectivity index (χ1v) is 7.68. The molecule has 4 nitrogen and oxygen atoms in total. The predicted octanol–water partition coefficient (Wildman–Crippen LogP) is 3.31. The van der Waals surface area contributed by atoms with Crippen LogP contribution in [0.25, 0.3) is 0 Å². The predicted molar refractivity (Wildman–Crippen MR) is 90.0 cm³/mol. The molecule has 0 aliphatic rings. The number of benzene rings is 2. The monoisotopic (exact) mass is 322 g/mol. The van der Waals surface area contributed by atoms with Crippen molar-refractivity contribution >= 4 is 23.1 Å². The molecule has 0 spiro atoms. The average molecular weight is 322 g/mol. The lowest BCUT2D eigenvalue weighted by Crippen LogP contribution is -2.26. The van der Waals surface area contributed by atoms with Crippen molar-refractivity contribution in [3.05, 3.63) is 71.8 Å². The van der Waals surface area contributed by atoms with Crippen molar-refractivity contribution in [2.24, 2.45) is 5.92 Å². The Balaban J connectivity index is 2.05. The van der Waals surface area contributed by atoms with Gasteiger partial charge in [-0.15, -0.1) is 0 Å². The second-order valence-electron chi connectivity index (χ2n) is 5.60. The van der Waals surface area contributed by atoms with Crippen LogP contribution >= 0.6 is 0 Å². The van der Waals surface area contributed by atoms with Crippen LogP contribution in [-0.4, -0.2) is 23.1 Å². The van der Waals surface area contributed by atoms with Crippen LogP contribution in [0.4, 0.5) is 0 Å². The molecule has 0 saturated heterocycles. The zero-order valence-electron chi connectivity index (χ0n) is 13.4. The lowest BCUT2D eigenvalue weighted by atomic mass is 9.88. The molecule has 0 aliphatic carbocycles. The van der Waals surface area contributed by atoms with Gasteiger partial charge in [0.1, 0.15) is 11.6 Å². The molecule has 24 heavy (non-hydrogen) atoms. The number of ketones is 4. The molecular weight excluding hydrogens is 304 g/mol. The molecule has 0 fully saturated rings. The fraction of sp³-hybridized carbons (Fsp3) is 0.200. The third-order valence-corrected chi connectivity index (χ3v) is 3.75. The van der Waals surface area contributed by atoms with Crippen LogP contribution < -0.4 is 0 Å². The summed E-state index contributed by atoms with van der Waals surface area (Å²) in [6.45, 7) is 1.29. The maximum absolute atomic E-state index is 12.4. The highest BCUT2D eigenvalue weighted by Crippen LogP contribution is 2.16. The molecule has 0 heterocycles. The van der Waals surface area contributed by atoms with Gasteiger partial charge in [0.2, 0.25) is 0 Å². The highest BCUT2D eigenvalue weighted by molar-refractivity contribution is 6.14. The molecule has 1 atom stereocenters. The first-order valence-electron chi connectivity index (χ1n) is 7.68. The van der Waals surface area contributed by atoms with Crippen molar-refractivity contribution in [2.75, 3.05) is 0 Å². The van der Waals surface area contributed by atoms with E-state index in [-0.39, 0.29) is 30.2 Å². The summed E-state index contributed by atoms with van der Waals surface area (Å²) in [4.78, 5) is 48.4. The second kappa shape index (κ2) is 8.11. The molecule has 2 aromatic rings. The van der Waals surface area contributed by atoms with E-state index in [0.29, 0.717) is 11.1 Å². The molecule has 0 aromatic heterocycles. The second-order valence-corrected chi connectivity index (χ2v) is 5.60. The minimum absolute atomic E-state index is 0.248. The van der Waals surface area contributed by atoms with Crippen LogP contribution in [0.5, 0.6) is 0 Å². The lowest BCUT2D eigenvalue weighted by Gasteiger charge is -2.12. The average Bonchev–Trinajstić information content (AvgIpc) is 2.60. The van der Waals surface area contributed by atoms with Gasteiger partial charge in [-0.2, -0.15) is 0 Å². The number of hydrogen-bond acceptors (Lipinski definition) is 4. The molecule has 0 amide bonds. The molecule has 0 aliphatic heterocycles. The van der Waals surface area contributed by atoms with Crippen molar-refractivity contribution in [2.45, 2.75) is 19.8 Å². The fourth-order valence-electron chi connectivity index (χ4n) is 2.43. The Labute approximate surface area is 140 Å². The summed E-state index contributed by atoms with van der Waals surface area (Å²) >= 11 is 0. The van der Waals surface area contributed by atoms with Gasteiger partial charge in [0.15, 0.2) is 11.6 Å². The number of carbonyl (C=O) groups excluding carboxylic acids is 4. The summed E-state index contributed by atoms with van der Waals surface area (Å²) < 4.78 is 0. The van der Waals surface area contributed by atoms with Gasteiger partial charge in [0.05, 0.1) is 12.3 Å². The smallest absolute Gasteiger partial charge is 0.173 e. The minimum atomic E-state index is -1.04. The maximum Gasteiger partial charge on any atom is 0.173 e. The number of Topliss-reactive ketones (excluding diaryl/α,β-unsaturated/α-hetero) is 4. The van der Waals surface area contributed by atoms with E-state index in [0.717, 1.165) is 0 Å². The number of rotatable bonds is 8. The Bertz CT molecular complexity index is 748. The van der Waals surface area contributed by atoms with E-state index >= 15 is 0 Å². The summed E-state index contributed by atoms with van der Waals surface area (Å²) in [5.74, 6) is -2.51. The zero-order valence-corrected chi connectivity index (χ0v) is 13.4. The van der Waals surface area contributed by atoms with Crippen LogP contribution in [0, 0.1) is 5.92 Å². The van der Waals surface area contributed by atoms with Gasteiger partial charge < -0.3 is 0 Å². The SMILES string of the molecule is CC(=O)C(CC(=O)CC(=O)c1ccccc1)C(=O)c1ccccc1. The van der Waals surface area contributed by atoms with Gasteiger partial charge in [-0.1, -0.05) is 60.7 Å². The topological polar surface area (TPSA) is 68.3 Å². The first kappa shape index (κ1) is 17.5. The normalized spacial score (nSPS) is 11.5. The van der Waals surface area contributed by atoms with Gasteiger partial charge in [0.25, 0.3) is 0 Å². The van der Waals surface area contributed by atoms with E-state index in [2.05, 4.69) is 0 Å². The summed E-state index contributed by atoms with van der Waals surface area (Å²) in [7, 11) is 0. The summed E-state index contributed by atoms with van der Waals surface area (Å²) in [5.41, 5.74) is 0.833. The minimum Gasteiger partial charge on any atom is -0.299 e. The highest BCUT2D eigenvalue weighted by Gasteiger charge is 2.27. The Morgan fingerprint density at radius 1 is 0.792 bits per heavy atom. The zero-order chi connectivity index (χ0) is 17.5. The molecule has 4 heteroatoms. The van der Waals surface area contributed by atoms with E-state index in [1.165, 1.54) is 6.92 Å². The van der Waals surface area contributed by atoms with Gasteiger partial charge in [-0.05, 0) is 6.92 Å². The quantitative estimate of drug-likeness (QED) is 0.552. The van der Waals surface area contributed by atoms with Crippen LogP contribution in [0.15, 0.2) is 60.7 Å². The van der Waals surface area contributed by atoms with Crippen LogP contribution in [0.1, 0.15) is 40.5 Å². The Hall–Kier alpha value is -2.88. The van der Waals surface area contributed by atoms with Crippen molar-refractivity contribution in [1.29, 1.82) is 0 Å². The largest absolute Gasteiger partial charge is 0.299 e. The first-order chi connectivity index (χ1) is 11.5. The maximum atomic E-state index is 12.4. The van der Waals surface area contributed by atoms with Gasteiger partial charge >= 0.3 is 0 Å². The third kappa shape index (κ3) is 4.56. The van der Waals surface area contributed by atoms with Crippen LogP contribution in [0.2, 0.25) is 0 Å². The van der Waals surface area contributed by atoms with E-state index in [1.807, 2.05) is 0 Å². The van der Waals surface area contributed by atoms with Gasteiger partial charge in [-0.3, -0.25) is 19.2 Å². The highest BCUT2D eigenvalue weighted by atomic mass is 16.2. The standard InChI is InChI=1S/C20H18O4/c1-14(21)18(20(24)16-10-6-3-7-11-16)12-17(22)13-19(23)15-8-4-2-5-9-15/h2-11,18H,12-13H2,1H3. The molecule has 0 saturated carbocycles. The van der Waals surface area contributed by atoms with Crippen molar-refractivity contribution in [3.8, 4) is 0 Å². The molecule has 0 N–H and O–H groups in total. The van der Waals surface area contributed by atoms with Crippen molar-refractivity contribution in [3.63, 3.8) is 0 Å². The van der Waals surface area contributed by atoms with Crippen molar-refractivity contribution in [1.82, 2.24) is 0 Å². The molecular formula is C20H18O4. The molecule has 0 bridgehead atoms. The molecule has 1 unspecified atom stereocenters. The molecule has 0 radical (unpaired) electrons. The van der Waals surface area contributed by atoms with Crippen LogP contribution in [-0.2, 0) is 9.59 Å². The molecule has 122 valence electrons. The Kier molecular flexibility index (Phi) is 5.90. The number of hydrogen-bond donors (Lipinski definition) is 0. The van der Waals surface area contributed by atoms with E-state index in [9.17, 15) is 19.2 Å².